The molecule has 0 bridgehead atoms. The molecule has 0 amide bonds. The maximum Gasteiger partial charge on any atom is 0.253 e. The van der Waals surface area contributed by atoms with Gasteiger partial charge >= 0.3 is 0 Å². The second-order valence-corrected chi connectivity index (χ2v) is 9.84. The summed E-state index contributed by atoms with van der Waals surface area (Å²) in [6, 6.07) is 14.6. The maximum absolute atomic E-state index is 13.7. The van der Waals surface area contributed by atoms with E-state index in [-0.39, 0.29) is 11.7 Å². The third kappa shape index (κ3) is 5.65. The van der Waals surface area contributed by atoms with E-state index in [1.54, 1.807) is 17.1 Å². The molecule has 1 N–H and O–H groups in total. The number of nitrogens with zero attached hydrogens (tertiary/aromatic N) is 6. The summed E-state index contributed by atoms with van der Waals surface area (Å²) in [5.41, 5.74) is 2.00. The molecule has 1 saturated heterocycles. The van der Waals surface area contributed by atoms with E-state index in [2.05, 4.69) is 30.4 Å². The van der Waals surface area contributed by atoms with Crippen molar-refractivity contribution in [3.05, 3.63) is 100 Å². The highest BCUT2D eigenvalue weighted by molar-refractivity contribution is 5.80. The molecule has 2 atom stereocenters. The molecule has 5 heterocycles. The number of pyridine rings is 2. The Labute approximate surface area is 230 Å². The Morgan fingerprint density at radius 2 is 2.15 bits per heavy atom. The minimum Gasteiger partial charge on any atom is -0.494 e. The Morgan fingerprint density at radius 1 is 1.20 bits per heavy atom. The summed E-state index contributed by atoms with van der Waals surface area (Å²) < 4.78 is 19.1. The number of aromatic nitrogens is 6. The van der Waals surface area contributed by atoms with Crippen LogP contribution in [0.5, 0.6) is 5.75 Å². The largest absolute Gasteiger partial charge is 0.494 e. The number of H-pyrrole nitrogens is 1. The Morgan fingerprint density at radius 3 is 2.92 bits per heavy atom. The van der Waals surface area contributed by atoms with E-state index in [4.69, 9.17) is 13.9 Å². The molecule has 0 spiro atoms. The van der Waals surface area contributed by atoms with Crippen LogP contribution in [0.1, 0.15) is 48.5 Å². The van der Waals surface area contributed by atoms with Crippen molar-refractivity contribution in [2.45, 2.75) is 51.5 Å². The number of hydrogen-bond donors (Lipinski definition) is 1. The zero-order valence-electron chi connectivity index (χ0n) is 22.3. The Hall–Kier alpha value is -4.35. The fourth-order valence-electron chi connectivity index (χ4n) is 5.25. The molecule has 40 heavy (non-hydrogen) atoms. The number of furan rings is 1. The molecule has 206 valence electrons. The molecular weight excluding hydrogens is 510 g/mol. The fourth-order valence-corrected chi connectivity index (χ4v) is 5.25. The van der Waals surface area contributed by atoms with Gasteiger partial charge in [-0.2, -0.15) is 0 Å². The van der Waals surface area contributed by atoms with Crippen molar-refractivity contribution in [3.8, 4) is 5.75 Å². The standard InChI is InChI=1S/C29H31N7O4/c1-2-38-22-9-10-26-21(14-22)15-25(29(37)31-26)27(28-32-33-34-36(28)19-24-8-5-13-40-24)35(18-23-7-4-12-39-23)17-20-6-3-11-30-16-20/h3-4,6-7,9-12,14-16,24,27H,2,5,8,13,17-19H2,1H3,(H,31,37)/t24-,27-/m1/s1. The van der Waals surface area contributed by atoms with Crippen molar-refractivity contribution in [2.75, 3.05) is 13.2 Å². The summed E-state index contributed by atoms with van der Waals surface area (Å²) in [5.74, 6) is 2.04. The monoisotopic (exact) mass is 541 g/mol. The van der Waals surface area contributed by atoms with E-state index in [0.29, 0.717) is 37.6 Å². The average molecular weight is 542 g/mol. The zero-order chi connectivity index (χ0) is 27.3. The first-order valence-corrected chi connectivity index (χ1v) is 13.5. The highest BCUT2D eigenvalue weighted by Gasteiger charge is 2.32. The summed E-state index contributed by atoms with van der Waals surface area (Å²) in [4.78, 5) is 23.3. The molecule has 0 radical (unpaired) electrons. The van der Waals surface area contributed by atoms with Gasteiger partial charge in [-0.05, 0) is 78.2 Å². The number of nitrogens with one attached hydrogen (secondary N) is 1. The number of aromatic amines is 1. The molecule has 0 aliphatic carbocycles. The fraction of sp³-hybridized carbons (Fsp3) is 0.345. The Kier molecular flexibility index (Phi) is 7.64. The van der Waals surface area contributed by atoms with Crippen molar-refractivity contribution in [1.29, 1.82) is 0 Å². The van der Waals surface area contributed by atoms with Crippen LogP contribution in [0.25, 0.3) is 10.9 Å². The van der Waals surface area contributed by atoms with Crippen LogP contribution >= 0.6 is 0 Å². The number of benzene rings is 1. The maximum atomic E-state index is 13.7. The first-order chi connectivity index (χ1) is 19.7. The lowest BCUT2D eigenvalue weighted by atomic mass is 10.0. The van der Waals surface area contributed by atoms with Crippen molar-refractivity contribution in [1.82, 2.24) is 35.1 Å². The normalized spacial score (nSPS) is 16.1. The number of rotatable bonds is 11. The number of tetrazole rings is 1. The highest BCUT2D eigenvalue weighted by atomic mass is 16.5. The summed E-state index contributed by atoms with van der Waals surface area (Å²) in [5, 5.41) is 13.7. The van der Waals surface area contributed by atoms with Gasteiger partial charge in [0, 0.05) is 42.0 Å². The van der Waals surface area contributed by atoms with E-state index in [0.717, 1.165) is 47.4 Å². The van der Waals surface area contributed by atoms with Crippen LogP contribution < -0.4 is 10.3 Å². The van der Waals surface area contributed by atoms with E-state index in [1.165, 1.54) is 0 Å². The molecule has 5 aromatic rings. The number of hydrogen-bond acceptors (Lipinski definition) is 9. The van der Waals surface area contributed by atoms with Crippen LogP contribution in [0.4, 0.5) is 0 Å². The lowest BCUT2D eigenvalue weighted by Gasteiger charge is -2.30. The minimum absolute atomic E-state index is 0.0170. The predicted molar refractivity (Wildman–Crippen MR) is 147 cm³/mol. The second-order valence-electron chi connectivity index (χ2n) is 9.84. The number of fused-ring (bicyclic) bond motifs is 1. The molecule has 6 rings (SSSR count). The first-order valence-electron chi connectivity index (χ1n) is 13.5. The highest BCUT2D eigenvalue weighted by Crippen LogP contribution is 2.31. The van der Waals surface area contributed by atoms with Gasteiger partial charge in [-0.15, -0.1) is 5.10 Å². The van der Waals surface area contributed by atoms with Crippen LogP contribution in [0, 0.1) is 0 Å². The van der Waals surface area contributed by atoms with Gasteiger partial charge in [-0.1, -0.05) is 6.07 Å². The summed E-state index contributed by atoms with van der Waals surface area (Å²) in [7, 11) is 0. The van der Waals surface area contributed by atoms with Gasteiger partial charge in [0.05, 0.1) is 32.1 Å². The number of ether oxygens (including phenoxy) is 2. The molecule has 1 aliphatic heterocycles. The average Bonchev–Trinajstić information content (AvgIpc) is 3.75. The lowest BCUT2D eigenvalue weighted by molar-refractivity contribution is 0.0901. The lowest BCUT2D eigenvalue weighted by Crippen LogP contribution is -2.35. The molecule has 4 aromatic heterocycles. The predicted octanol–water partition coefficient (Wildman–Crippen LogP) is 3.87. The Balaban J connectivity index is 1.50. The summed E-state index contributed by atoms with van der Waals surface area (Å²) in [6.45, 7) is 4.60. The van der Waals surface area contributed by atoms with Gasteiger partial charge in [0.1, 0.15) is 17.6 Å². The molecular formula is C29H31N7O4. The zero-order valence-corrected chi connectivity index (χ0v) is 22.3. The third-order valence-electron chi connectivity index (χ3n) is 7.07. The SMILES string of the molecule is CCOc1ccc2[nH]c(=O)c([C@H](c3nnnn3C[C@H]3CCCO3)N(Cc3cccnc3)Cc3ccco3)cc2c1. The molecule has 1 fully saturated rings. The van der Waals surface area contributed by atoms with Crippen molar-refractivity contribution in [2.24, 2.45) is 0 Å². The van der Waals surface area contributed by atoms with Gasteiger partial charge in [-0.3, -0.25) is 14.7 Å². The second kappa shape index (κ2) is 11.8. The van der Waals surface area contributed by atoms with Gasteiger partial charge in [-0.25, -0.2) is 4.68 Å². The van der Waals surface area contributed by atoms with Crippen LogP contribution in [-0.2, 0) is 24.4 Å². The van der Waals surface area contributed by atoms with E-state index >= 15 is 0 Å². The van der Waals surface area contributed by atoms with Crippen molar-refractivity contribution >= 4 is 10.9 Å². The van der Waals surface area contributed by atoms with Crippen molar-refractivity contribution in [3.63, 3.8) is 0 Å². The topological polar surface area (TPSA) is 124 Å². The van der Waals surface area contributed by atoms with Crippen LogP contribution in [0.15, 0.2) is 76.4 Å². The van der Waals surface area contributed by atoms with Gasteiger partial charge in [0.25, 0.3) is 5.56 Å². The van der Waals surface area contributed by atoms with Gasteiger partial charge in [0.15, 0.2) is 5.82 Å². The third-order valence-corrected chi connectivity index (χ3v) is 7.07. The molecule has 1 aliphatic rings. The van der Waals surface area contributed by atoms with Crippen LogP contribution in [0.2, 0.25) is 0 Å². The molecule has 0 saturated carbocycles. The van der Waals surface area contributed by atoms with Gasteiger partial charge < -0.3 is 18.9 Å². The van der Waals surface area contributed by atoms with Crippen LogP contribution in [0.3, 0.4) is 0 Å². The smallest absolute Gasteiger partial charge is 0.253 e. The molecule has 11 heteroatoms. The molecule has 1 aromatic carbocycles. The first kappa shape index (κ1) is 25.9. The molecule has 0 unspecified atom stereocenters. The summed E-state index contributed by atoms with van der Waals surface area (Å²) in [6.07, 6.45) is 7.16. The molecule has 11 nitrogen and oxygen atoms in total. The van der Waals surface area contributed by atoms with E-state index in [1.807, 2.05) is 61.7 Å². The van der Waals surface area contributed by atoms with E-state index < -0.39 is 6.04 Å². The van der Waals surface area contributed by atoms with E-state index in [9.17, 15) is 4.79 Å². The van der Waals surface area contributed by atoms with Gasteiger partial charge in [0.2, 0.25) is 0 Å². The minimum atomic E-state index is -0.606. The van der Waals surface area contributed by atoms with Crippen LogP contribution in [-0.4, -0.2) is 54.4 Å². The Bertz CT molecular complexity index is 1590. The summed E-state index contributed by atoms with van der Waals surface area (Å²) >= 11 is 0. The quantitative estimate of drug-likeness (QED) is 0.265. The van der Waals surface area contributed by atoms with Crippen molar-refractivity contribution < 1.29 is 13.9 Å².